The first-order valence-corrected chi connectivity index (χ1v) is 12.0. The molecule has 1 amide bonds. The number of ether oxygens (including phenoxy) is 1. The van der Waals surface area contributed by atoms with E-state index in [0.717, 1.165) is 16.3 Å². The zero-order valence-corrected chi connectivity index (χ0v) is 18.0. The molecule has 3 aromatic rings. The van der Waals surface area contributed by atoms with Crippen LogP contribution in [0.2, 0.25) is 0 Å². The average Bonchev–Trinajstić information content (AvgIpc) is 3.12. The minimum Gasteiger partial charge on any atom is -0.478 e. The molecule has 0 spiro atoms. The largest absolute Gasteiger partial charge is 0.478 e. The molecule has 1 fully saturated rings. The summed E-state index contributed by atoms with van der Waals surface area (Å²) >= 11 is 0. The lowest BCUT2D eigenvalue weighted by molar-refractivity contribution is -0.140. The van der Waals surface area contributed by atoms with Crippen LogP contribution >= 0.6 is 0 Å². The van der Waals surface area contributed by atoms with Gasteiger partial charge >= 0.3 is 0 Å². The first-order chi connectivity index (χ1) is 14.8. The van der Waals surface area contributed by atoms with E-state index in [9.17, 15) is 17.6 Å². The molecule has 0 radical (unpaired) electrons. The van der Waals surface area contributed by atoms with Gasteiger partial charge in [0.25, 0.3) is 5.91 Å². The third-order valence-electron chi connectivity index (χ3n) is 5.64. The fraction of sp³-hybridized carbons (Fsp3) is 0.292. The molecule has 0 saturated carbocycles. The topological polar surface area (TPSA) is 63.7 Å². The third-order valence-corrected chi connectivity index (χ3v) is 7.39. The van der Waals surface area contributed by atoms with Crippen LogP contribution in [-0.4, -0.2) is 42.9 Å². The Morgan fingerprint density at radius 3 is 2.55 bits per heavy atom. The van der Waals surface area contributed by atoms with Gasteiger partial charge in [-0.2, -0.15) is 0 Å². The number of hydrogen-bond donors (Lipinski definition) is 0. The lowest BCUT2D eigenvalue weighted by Gasteiger charge is -2.31. The standard InChI is InChI=1S/C24H24FNO4S/c1-17(30-23-12-5-4-11-22(23)25)24(27)26(20-13-14-31(28,29)16-20)15-19-9-6-8-18-7-2-3-10-21(18)19/h2-12,17,20H,13-16H2,1H3/t17-,20+/m1/s1. The third kappa shape index (κ3) is 4.71. The van der Waals surface area contributed by atoms with Gasteiger partial charge in [-0.05, 0) is 41.8 Å². The number of hydrogen-bond acceptors (Lipinski definition) is 4. The second kappa shape index (κ2) is 8.67. The van der Waals surface area contributed by atoms with Gasteiger partial charge < -0.3 is 9.64 Å². The van der Waals surface area contributed by atoms with Gasteiger partial charge in [0.1, 0.15) is 0 Å². The maximum absolute atomic E-state index is 14.0. The lowest BCUT2D eigenvalue weighted by atomic mass is 10.0. The summed E-state index contributed by atoms with van der Waals surface area (Å²) in [7, 11) is -3.19. The van der Waals surface area contributed by atoms with Gasteiger partial charge in [0.2, 0.25) is 0 Å². The van der Waals surface area contributed by atoms with E-state index in [1.54, 1.807) is 24.0 Å². The Morgan fingerprint density at radius 2 is 1.81 bits per heavy atom. The maximum atomic E-state index is 14.0. The molecule has 4 rings (SSSR count). The number of nitrogens with zero attached hydrogens (tertiary/aromatic N) is 1. The number of benzene rings is 3. The SMILES string of the molecule is C[C@@H](Oc1ccccc1F)C(=O)N(Cc1cccc2ccccc12)[C@H]1CCS(=O)(=O)C1. The van der Waals surface area contributed by atoms with E-state index >= 15 is 0 Å². The van der Waals surface area contributed by atoms with Crippen LogP contribution in [0.25, 0.3) is 10.8 Å². The predicted octanol–water partition coefficient (Wildman–Crippen LogP) is 3.96. The molecule has 0 aliphatic carbocycles. The molecule has 0 bridgehead atoms. The van der Waals surface area contributed by atoms with Crippen LogP contribution in [0.1, 0.15) is 18.9 Å². The summed E-state index contributed by atoms with van der Waals surface area (Å²) in [5, 5.41) is 2.05. The number of rotatable bonds is 6. The number of carbonyl (C=O) groups is 1. The molecule has 2 atom stereocenters. The molecule has 1 aliphatic heterocycles. The van der Waals surface area contributed by atoms with E-state index in [2.05, 4.69) is 0 Å². The molecule has 1 heterocycles. The van der Waals surface area contributed by atoms with Crippen LogP contribution in [0.3, 0.4) is 0 Å². The molecule has 1 aliphatic rings. The van der Waals surface area contributed by atoms with Crippen LogP contribution in [0, 0.1) is 5.82 Å². The number of sulfone groups is 1. The molecule has 0 aromatic heterocycles. The summed E-state index contributed by atoms with van der Waals surface area (Å²) in [5.74, 6) is -0.938. The van der Waals surface area contributed by atoms with E-state index < -0.39 is 27.8 Å². The molecule has 0 unspecified atom stereocenters. The Kier molecular flexibility index (Phi) is 5.96. The van der Waals surface area contributed by atoms with Crippen LogP contribution in [-0.2, 0) is 21.2 Å². The zero-order chi connectivity index (χ0) is 22.0. The van der Waals surface area contributed by atoms with Crippen molar-refractivity contribution in [1.29, 1.82) is 0 Å². The van der Waals surface area contributed by atoms with Crippen molar-refractivity contribution in [2.24, 2.45) is 0 Å². The fourth-order valence-electron chi connectivity index (χ4n) is 4.04. The quantitative estimate of drug-likeness (QED) is 0.581. The summed E-state index contributed by atoms with van der Waals surface area (Å²) in [6.45, 7) is 1.82. The Bertz CT molecular complexity index is 1210. The van der Waals surface area contributed by atoms with Crippen molar-refractivity contribution in [2.45, 2.75) is 32.0 Å². The van der Waals surface area contributed by atoms with Gasteiger partial charge in [0.15, 0.2) is 27.5 Å². The summed E-state index contributed by atoms with van der Waals surface area (Å²) in [5.41, 5.74) is 0.925. The molecular weight excluding hydrogens is 417 g/mol. The summed E-state index contributed by atoms with van der Waals surface area (Å²) in [6, 6.07) is 19.2. The first kappa shape index (κ1) is 21.3. The molecule has 0 N–H and O–H groups in total. The molecule has 3 aromatic carbocycles. The van der Waals surface area contributed by atoms with Gasteiger partial charge in [-0.15, -0.1) is 0 Å². The second-order valence-electron chi connectivity index (χ2n) is 7.85. The minimum absolute atomic E-state index is 0.00694. The highest BCUT2D eigenvalue weighted by Gasteiger charge is 2.37. The average molecular weight is 442 g/mol. The highest BCUT2D eigenvalue weighted by molar-refractivity contribution is 7.91. The normalized spacial score (nSPS) is 18.6. The number of amides is 1. The summed E-state index contributed by atoms with van der Waals surface area (Å²) < 4.78 is 43.9. The van der Waals surface area contributed by atoms with Crippen molar-refractivity contribution in [1.82, 2.24) is 4.90 Å². The van der Waals surface area contributed by atoms with E-state index in [4.69, 9.17) is 4.74 Å². The monoisotopic (exact) mass is 441 g/mol. The highest BCUT2D eigenvalue weighted by Crippen LogP contribution is 2.26. The fourth-order valence-corrected chi connectivity index (χ4v) is 5.77. The Hall–Kier alpha value is -2.93. The molecule has 31 heavy (non-hydrogen) atoms. The predicted molar refractivity (Wildman–Crippen MR) is 118 cm³/mol. The summed E-state index contributed by atoms with van der Waals surface area (Å²) in [6.07, 6.45) is -0.583. The Balaban J connectivity index is 1.64. The van der Waals surface area contributed by atoms with Gasteiger partial charge in [-0.25, -0.2) is 12.8 Å². The lowest BCUT2D eigenvalue weighted by Crippen LogP contribution is -2.46. The van der Waals surface area contributed by atoms with Crippen molar-refractivity contribution in [3.63, 3.8) is 0 Å². The molecular formula is C24H24FNO4S. The van der Waals surface area contributed by atoms with Gasteiger partial charge in [-0.3, -0.25) is 4.79 Å². The van der Waals surface area contributed by atoms with Crippen LogP contribution in [0.15, 0.2) is 66.7 Å². The van der Waals surface area contributed by atoms with Crippen molar-refractivity contribution < 1.29 is 22.3 Å². The molecule has 162 valence electrons. The van der Waals surface area contributed by atoms with Crippen molar-refractivity contribution in [3.8, 4) is 5.75 Å². The van der Waals surface area contributed by atoms with E-state index in [1.165, 1.54) is 12.1 Å². The molecule has 1 saturated heterocycles. The first-order valence-electron chi connectivity index (χ1n) is 10.2. The van der Waals surface area contributed by atoms with Gasteiger partial charge in [0.05, 0.1) is 11.5 Å². The number of fused-ring (bicyclic) bond motifs is 1. The number of para-hydroxylation sites is 1. The second-order valence-corrected chi connectivity index (χ2v) is 10.1. The zero-order valence-electron chi connectivity index (χ0n) is 17.2. The van der Waals surface area contributed by atoms with Gasteiger partial charge in [-0.1, -0.05) is 54.6 Å². The maximum Gasteiger partial charge on any atom is 0.263 e. The Labute approximate surface area is 181 Å². The van der Waals surface area contributed by atoms with Crippen molar-refractivity contribution >= 4 is 26.5 Å². The van der Waals surface area contributed by atoms with Crippen LogP contribution < -0.4 is 4.74 Å². The van der Waals surface area contributed by atoms with Crippen LogP contribution in [0.5, 0.6) is 5.75 Å². The minimum atomic E-state index is -3.19. The smallest absolute Gasteiger partial charge is 0.263 e. The van der Waals surface area contributed by atoms with Crippen molar-refractivity contribution in [2.75, 3.05) is 11.5 Å². The molecule has 5 nitrogen and oxygen atoms in total. The summed E-state index contributed by atoms with van der Waals surface area (Å²) in [4.78, 5) is 15.0. The van der Waals surface area contributed by atoms with E-state index in [-0.39, 0.29) is 29.7 Å². The number of halogens is 1. The van der Waals surface area contributed by atoms with Crippen molar-refractivity contribution in [3.05, 3.63) is 78.1 Å². The van der Waals surface area contributed by atoms with E-state index in [0.29, 0.717) is 6.42 Å². The molecule has 7 heteroatoms. The van der Waals surface area contributed by atoms with Crippen LogP contribution in [0.4, 0.5) is 4.39 Å². The van der Waals surface area contributed by atoms with E-state index in [1.807, 2.05) is 42.5 Å². The highest BCUT2D eigenvalue weighted by atomic mass is 32.2. The van der Waals surface area contributed by atoms with Gasteiger partial charge in [0, 0.05) is 12.6 Å². The Morgan fingerprint density at radius 1 is 1.10 bits per heavy atom. The number of carbonyl (C=O) groups excluding carboxylic acids is 1.